The topological polar surface area (TPSA) is 72.2 Å². The van der Waals surface area contributed by atoms with Crippen LogP contribution in [0.2, 0.25) is 0 Å². The van der Waals surface area contributed by atoms with Crippen LogP contribution < -0.4 is 5.32 Å². The van der Waals surface area contributed by atoms with Crippen LogP contribution >= 0.6 is 0 Å². The molecule has 0 bridgehead atoms. The van der Waals surface area contributed by atoms with Gasteiger partial charge in [-0.1, -0.05) is 49.4 Å². The van der Waals surface area contributed by atoms with Crippen LogP contribution in [0.1, 0.15) is 31.4 Å². The van der Waals surface area contributed by atoms with E-state index in [-0.39, 0.29) is 17.6 Å². The molecule has 124 valence electrons. The summed E-state index contributed by atoms with van der Waals surface area (Å²) in [7, 11) is 0. The normalized spacial score (nSPS) is 12.5. The monoisotopic (exact) mass is 324 g/mol. The summed E-state index contributed by atoms with van der Waals surface area (Å²) in [5, 5.41) is 13.9. The Hall–Kier alpha value is -2.95. The van der Waals surface area contributed by atoms with Crippen LogP contribution in [-0.2, 0) is 4.79 Å². The molecule has 0 radical (unpaired) electrons. The van der Waals surface area contributed by atoms with Gasteiger partial charge in [0, 0.05) is 23.7 Å². The zero-order valence-electron chi connectivity index (χ0n) is 13.7. The highest BCUT2D eigenvalue weighted by Crippen LogP contribution is 2.21. The highest BCUT2D eigenvalue weighted by atomic mass is 16.6. The van der Waals surface area contributed by atoms with Gasteiger partial charge in [0.1, 0.15) is 0 Å². The van der Waals surface area contributed by atoms with Gasteiger partial charge in [0.15, 0.2) is 0 Å². The fraction of sp³-hybridized carbons (Fsp3) is 0.211. The first-order valence-electron chi connectivity index (χ1n) is 7.83. The second-order valence-electron chi connectivity index (χ2n) is 5.56. The summed E-state index contributed by atoms with van der Waals surface area (Å²) in [6.07, 6.45) is 2.50. The molecule has 0 aliphatic rings. The zero-order valence-corrected chi connectivity index (χ0v) is 13.7. The highest BCUT2D eigenvalue weighted by molar-refractivity contribution is 6.24. The molecule has 0 saturated heterocycles. The van der Waals surface area contributed by atoms with Gasteiger partial charge in [-0.25, -0.2) is 0 Å². The van der Waals surface area contributed by atoms with Crippen molar-refractivity contribution >= 4 is 23.2 Å². The third kappa shape index (κ3) is 4.52. The fourth-order valence-electron chi connectivity index (χ4n) is 2.20. The van der Waals surface area contributed by atoms with E-state index in [0.717, 1.165) is 12.0 Å². The number of nitrogens with zero attached hydrogens (tertiary/aromatic N) is 1. The van der Waals surface area contributed by atoms with Gasteiger partial charge in [-0.3, -0.25) is 14.9 Å². The molecule has 0 aromatic heterocycles. The van der Waals surface area contributed by atoms with Crippen LogP contribution in [0, 0.1) is 10.1 Å². The molecule has 5 nitrogen and oxygen atoms in total. The summed E-state index contributed by atoms with van der Waals surface area (Å²) in [6.45, 7) is 3.94. The van der Waals surface area contributed by atoms with E-state index >= 15 is 0 Å². The first-order valence-corrected chi connectivity index (χ1v) is 7.83. The van der Waals surface area contributed by atoms with Gasteiger partial charge >= 0.3 is 0 Å². The molecule has 5 heteroatoms. The predicted molar refractivity (Wildman–Crippen MR) is 95.3 cm³/mol. The largest absolute Gasteiger partial charge is 0.350 e. The number of non-ortho nitro benzene ring substituents is 1. The van der Waals surface area contributed by atoms with Gasteiger partial charge in [0.2, 0.25) is 0 Å². The summed E-state index contributed by atoms with van der Waals surface area (Å²) < 4.78 is 0. The molecule has 2 aromatic carbocycles. The number of carbonyl (C=O) groups excluding carboxylic acids is 1. The Morgan fingerprint density at radius 2 is 1.92 bits per heavy atom. The number of carbonyl (C=O) groups is 1. The molecule has 1 amide bonds. The maximum atomic E-state index is 12.6. The molecule has 0 heterocycles. The number of amides is 1. The van der Waals surface area contributed by atoms with Crippen LogP contribution in [0.3, 0.4) is 0 Å². The van der Waals surface area contributed by atoms with Crippen LogP contribution in [-0.4, -0.2) is 16.9 Å². The van der Waals surface area contributed by atoms with E-state index in [1.54, 1.807) is 18.2 Å². The van der Waals surface area contributed by atoms with Crippen LogP contribution in [0.15, 0.2) is 54.6 Å². The molecular weight excluding hydrogens is 304 g/mol. The molecule has 0 unspecified atom stereocenters. The van der Waals surface area contributed by atoms with Gasteiger partial charge in [0.05, 0.1) is 4.92 Å². The van der Waals surface area contributed by atoms with Crippen molar-refractivity contribution in [2.24, 2.45) is 0 Å². The fourth-order valence-corrected chi connectivity index (χ4v) is 2.20. The Morgan fingerprint density at radius 1 is 1.21 bits per heavy atom. The van der Waals surface area contributed by atoms with Crippen LogP contribution in [0.25, 0.3) is 11.6 Å². The molecule has 2 rings (SSSR count). The van der Waals surface area contributed by atoms with Crippen molar-refractivity contribution in [1.82, 2.24) is 5.32 Å². The van der Waals surface area contributed by atoms with E-state index in [4.69, 9.17) is 0 Å². The molecule has 24 heavy (non-hydrogen) atoms. The average molecular weight is 324 g/mol. The summed E-state index contributed by atoms with van der Waals surface area (Å²) in [6, 6.07) is 15.6. The molecule has 2 aromatic rings. The lowest BCUT2D eigenvalue weighted by atomic mass is 10.0. The summed E-state index contributed by atoms with van der Waals surface area (Å²) in [5.74, 6) is -0.193. The lowest BCUT2D eigenvalue weighted by Gasteiger charge is -2.14. The van der Waals surface area contributed by atoms with Crippen molar-refractivity contribution < 1.29 is 9.72 Å². The molecule has 0 aliphatic heterocycles. The van der Waals surface area contributed by atoms with Crippen molar-refractivity contribution in [1.29, 1.82) is 0 Å². The maximum Gasteiger partial charge on any atom is 0.270 e. The Morgan fingerprint density at radius 3 is 2.54 bits per heavy atom. The van der Waals surface area contributed by atoms with Gasteiger partial charge in [-0.2, -0.15) is 0 Å². The summed E-state index contributed by atoms with van der Waals surface area (Å²) in [5.41, 5.74) is 1.86. The van der Waals surface area contributed by atoms with Gasteiger partial charge < -0.3 is 5.32 Å². The minimum absolute atomic E-state index is 0.00139. The number of nitro groups is 1. The Labute approximate surface area is 141 Å². The van der Waals surface area contributed by atoms with E-state index in [1.165, 1.54) is 12.1 Å². The van der Waals surface area contributed by atoms with E-state index in [2.05, 4.69) is 5.32 Å². The second-order valence-corrected chi connectivity index (χ2v) is 5.56. The summed E-state index contributed by atoms with van der Waals surface area (Å²) in [4.78, 5) is 23.1. The molecular formula is C19H20N2O3. The van der Waals surface area contributed by atoms with Gasteiger partial charge in [-0.15, -0.1) is 0 Å². The van der Waals surface area contributed by atoms with Crippen LogP contribution in [0.4, 0.5) is 5.69 Å². The third-order valence-electron chi connectivity index (χ3n) is 3.71. The van der Waals surface area contributed by atoms with Crippen molar-refractivity contribution in [2.45, 2.75) is 26.3 Å². The van der Waals surface area contributed by atoms with Crippen LogP contribution in [0.5, 0.6) is 0 Å². The lowest BCUT2D eigenvalue weighted by molar-refractivity contribution is -0.384. The average Bonchev–Trinajstić information content (AvgIpc) is 2.60. The minimum Gasteiger partial charge on any atom is -0.350 e. The first-order chi connectivity index (χ1) is 11.5. The van der Waals surface area contributed by atoms with E-state index in [9.17, 15) is 14.9 Å². The number of hydrogen-bond acceptors (Lipinski definition) is 3. The smallest absolute Gasteiger partial charge is 0.270 e. The van der Waals surface area contributed by atoms with Crippen molar-refractivity contribution in [2.75, 3.05) is 0 Å². The molecule has 0 saturated carbocycles. The lowest BCUT2D eigenvalue weighted by Crippen LogP contribution is -2.32. The Kier molecular flexibility index (Phi) is 5.84. The zero-order chi connectivity index (χ0) is 17.5. The molecule has 0 aliphatic carbocycles. The van der Waals surface area contributed by atoms with E-state index in [1.807, 2.05) is 44.2 Å². The van der Waals surface area contributed by atoms with Gasteiger partial charge in [0.25, 0.3) is 11.6 Å². The second kappa shape index (κ2) is 8.06. The Bertz CT molecular complexity index is 754. The minimum atomic E-state index is -0.446. The number of rotatable bonds is 6. The number of nitrogens with one attached hydrogen (secondary N) is 1. The van der Waals surface area contributed by atoms with Crippen molar-refractivity contribution in [3.05, 3.63) is 75.8 Å². The third-order valence-corrected chi connectivity index (χ3v) is 3.71. The molecule has 0 spiro atoms. The van der Waals surface area contributed by atoms with Gasteiger partial charge in [-0.05, 0) is 30.5 Å². The number of nitro benzene ring substituents is 1. The number of benzene rings is 2. The highest BCUT2D eigenvalue weighted by Gasteiger charge is 2.14. The van der Waals surface area contributed by atoms with E-state index < -0.39 is 4.92 Å². The standard InChI is InChI=1S/C19H20N2O3/c1-3-14(2)20-19(22)18(16-9-5-4-6-10-16)13-15-8-7-11-17(12-15)21(23)24/h4-14H,3H2,1-2H3,(H,20,22)/b18-13+/t14-/m0/s1. The molecule has 0 fully saturated rings. The first kappa shape index (κ1) is 17.4. The SMILES string of the molecule is CC[C@H](C)NC(=O)/C(=C/c1cccc([N+](=O)[O-])c1)c1ccccc1. The number of hydrogen-bond donors (Lipinski definition) is 1. The van der Waals surface area contributed by atoms with E-state index in [0.29, 0.717) is 11.1 Å². The molecule has 1 atom stereocenters. The maximum absolute atomic E-state index is 12.6. The predicted octanol–water partition coefficient (Wildman–Crippen LogP) is 4.05. The van der Waals surface area contributed by atoms with Crippen molar-refractivity contribution in [3.63, 3.8) is 0 Å². The quantitative estimate of drug-likeness (QED) is 0.377. The molecule has 1 N–H and O–H groups in total. The van der Waals surface area contributed by atoms with Crippen molar-refractivity contribution in [3.8, 4) is 0 Å². The Balaban J connectivity index is 2.44. The summed E-state index contributed by atoms with van der Waals surface area (Å²) >= 11 is 0.